The summed E-state index contributed by atoms with van der Waals surface area (Å²) in [7, 11) is 1.64. The number of thiazole rings is 2. The van der Waals surface area contributed by atoms with Gasteiger partial charge in [-0.3, -0.25) is 4.79 Å². The van der Waals surface area contributed by atoms with Gasteiger partial charge in [0.15, 0.2) is 5.13 Å². The number of aromatic nitrogens is 2. The molecular weight excluding hydrogens is 368 g/mol. The van der Waals surface area contributed by atoms with Crippen LogP contribution in [-0.2, 0) is 0 Å². The van der Waals surface area contributed by atoms with Crippen LogP contribution < -0.4 is 9.64 Å². The van der Waals surface area contributed by atoms with Crippen LogP contribution in [0.3, 0.4) is 0 Å². The van der Waals surface area contributed by atoms with Gasteiger partial charge in [0.05, 0.1) is 7.11 Å². The fourth-order valence-corrected chi connectivity index (χ4v) is 4.37. The van der Waals surface area contributed by atoms with Crippen LogP contribution in [0.2, 0.25) is 0 Å². The Morgan fingerprint density at radius 2 is 1.88 bits per heavy atom. The van der Waals surface area contributed by atoms with Crippen molar-refractivity contribution in [1.82, 2.24) is 14.9 Å². The lowest BCUT2D eigenvalue weighted by Gasteiger charge is -2.34. The summed E-state index contributed by atoms with van der Waals surface area (Å²) in [6.07, 6.45) is 1.81. The lowest BCUT2D eigenvalue weighted by Crippen LogP contribution is -2.48. The zero-order valence-corrected chi connectivity index (χ0v) is 15.9. The Kier molecular flexibility index (Phi) is 4.85. The average Bonchev–Trinajstić information content (AvgIpc) is 3.40. The summed E-state index contributed by atoms with van der Waals surface area (Å²) in [6, 6.07) is 7.71. The maximum absolute atomic E-state index is 12.8. The Balaban J connectivity index is 1.42. The number of benzene rings is 1. The number of amides is 1. The summed E-state index contributed by atoms with van der Waals surface area (Å²) < 4.78 is 5.18. The molecule has 1 aliphatic rings. The van der Waals surface area contributed by atoms with Gasteiger partial charge in [-0.2, -0.15) is 0 Å². The number of piperazine rings is 1. The number of rotatable bonds is 4. The zero-order valence-electron chi connectivity index (χ0n) is 14.3. The molecule has 0 atom stereocenters. The van der Waals surface area contributed by atoms with Crippen molar-refractivity contribution < 1.29 is 9.53 Å². The van der Waals surface area contributed by atoms with Gasteiger partial charge in [0.25, 0.3) is 5.91 Å². The molecule has 1 aliphatic heterocycles. The number of ether oxygens (including phenoxy) is 1. The first-order valence-electron chi connectivity index (χ1n) is 8.28. The number of hydrogen-bond acceptors (Lipinski definition) is 7. The van der Waals surface area contributed by atoms with Crippen LogP contribution in [-0.4, -0.2) is 54.1 Å². The molecular formula is C18H18N4O2S2. The number of hydrogen-bond donors (Lipinski definition) is 0. The van der Waals surface area contributed by atoms with Crippen LogP contribution in [0.5, 0.6) is 5.75 Å². The second kappa shape index (κ2) is 7.43. The fraction of sp³-hybridized carbons (Fsp3) is 0.278. The predicted octanol–water partition coefficient (Wildman–Crippen LogP) is 3.24. The highest BCUT2D eigenvalue weighted by atomic mass is 32.1. The molecule has 8 heteroatoms. The molecule has 0 radical (unpaired) electrons. The maximum Gasteiger partial charge on any atom is 0.273 e. The Morgan fingerprint density at radius 3 is 2.54 bits per heavy atom. The predicted molar refractivity (Wildman–Crippen MR) is 104 cm³/mol. The van der Waals surface area contributed by atoms with Crippen LogP contribution in [0.15, 0.2) is 41.2 Å². The minimum atomic E-state index is -0.000185. The number of anilines is 1. The summed E-state index contributed by atoms with van der Waals surface area (Å²) in [6.45, 7) is 2.98. The number of carbonyl (C=O) groups is 1. The van der Waals surface area contributed by atoms with Gasteiger partial charge in [-0.05, 0) is 24.3 Å². The molecule has 134 valence electrons. The molecule has 2 aromatic heterocycles. The Labute approximate surface area is 159 Å². The second-order valence-corrected chi connectivity index (χ2v) is 7.59. The van der Waals surface area contributed by atoms with Crippen LogP contribution in [0.25, 0.3) is 10.6 Å². The molecule has 0 spiro atoms. The number of nitrogens with zero attached hydrogens (tertiary/aromatic N) is 4. The van der Waals surface area contributed by atoms with Crippen molar-refractivity contribution in [2.75, 3.05) is 38.2 Å². The lowest BCUT2D eigenvalue weighted by molar-refractivity contribution is 0.0742. The van der Waals surface area contributed by atoms with Crippen LogP contribution in [0, 0.1) is 0 Å². The first kappa shape index (κ1) is 17.0. The fourth-order valence-electron chi connectivity index (χ4n) is 2.87. The van der Waals surface area contributed by atoms with Crippen LogP contribution in [0.4, 0.5) is 5.13 Å². The van der Waals surface area contributed by atoms with Crippen LogP contribution in [0.1, 0.15) is 10.5 Å². The summed E-state index contributed by atoms with van der Waals surface area (Å²) in [5.41, 5.74) is 1.51. The van der Waals surface area contributed by atoms with E-state index < -0.39 is 0 Å². The topological polar surface area (TPSA) is 58.6 Å². The Morgan fingerprint density at radius 1 is 1.12 bits per heavy atom. The van der Waals surface area contributed by atoms with Crippen molar-refractivity contribution in [3.63, 3.8) is 0 Å². The third-order valence-corrected chi connectivity index (χ3v) is 6.04. The van der Waals surface area contributed by atoms with Crippen LogP contribution >= 0.6 is 22.7 Å². The molecule has 1 saturated heterocycles. The largest absolute Gasteiger partial charge is 0.497 e. The van der Waals surface area contributed by atoms with Gasteiger partial charge < -0.3 is 14.5 Å². The van der Waals surface area contributed by atoms with Gasteiger partial charge in [0, 0.05) is 48.7 Å². The smallest absolute Gasteiger partial charge is 0.273 e. The molecule has 1 fully saturated rings. The van der Waals surface area contributed by atoms with E-state index in [1.54, 1.807) is 18.4 Å². The molecule has 0 N–H and O–H groups in total. The Hall–Kier alpha value is -2.45. The van der Waals surface area contributed by atoms with Crippen molar-refractivity contribution >= 4 is 33.7 Å². The summed E-state index contributed by atoms with van der Waals surface area (Å²) in [5, 5.41) is 5.68. The van der Waals surface area contributed by atoms with Crippen molar-refractivity contribution in [3.8, 4) is 16.3 Å². The third kappa shape index (κ3) is 3.42. The maximum atomic E-state index is 12.8. The van der Waals surface area contributed by atoms with Crippen molar-refractivity contribution in [2.45, 2.75) is 0 Å². The monoisotopic (exact) mass is 386 g/mol. The molecule has 26 heavy (non-hydrogen) atoms. The van der Waals surface area contributed by atoms with E-state index in [0.717, 1.165) is 34.5 Å². The highest BCUT2D eigenvalue weighted by molar-refractivity contribution is 7.13. The van der Waals surface area contributed by atoms with E-state index in [1.165, 1.54) is 11.3 Å². The van der Waals surface area contributed by atoms with E-state index >= 15 is 0 Å². The normalized spacial score (nSPS) is 14.5. The molecule has 1 amide bonds. The van der Waals surface area contributed by atoms with Crippen molar-refractivity contribution in [3.05, 3.63) is 46.9 Å². The van der Waals surface area contributed by atoms with E-state index in [2.05, 4.69) is 14.9 Å². The Bertz CT molecular complexity index is 869. The first-order chi connectivity index (χ1) is 12.7. The average molecular weight is 387 g/mol. The molecule has 3 heterocycles. The molecule has 3 aromatic rings. The zero-order chi connectivity index (χ0) is 17.9. The minimum Gasteiger partial charge on any atom is -0.497 e. The molecule has 0 bridgehead atoms. The van der Waals surface area contributed by atoms with Gasteiger partial charge >= 0.3 is 0 Å². The quantitative estimate of drug-likeness (QED) is 0.689. The standard InChI is InChI=1S/C18H18N4O2S2/c1-24-14-4-2-13(3-5-14)16-20-15(12-26-16)17(23)21-7-9-22(10-8-21)18-19-6-11-25-18/h2-6,11-12H,7-10H2,1H3. The molecule has 4 rings (SSSR count). The van der Waals surface area contributed by atoms with E-state index in [1.807, 2.05) is 46.1 Å². The van der Waals surface area contributed by atoms with E-state index in [4.69, 9.17) is 4.74 Å². The summed E-state index contributed by atoms with van der Waals surface area (Å²) >= 11 is 3.12. The summed E-state index contributed by atoms with van der Waals surface area (Å²) in [5.74, 6) is 0.805. The number of carbonyl (C=O) groups excluding carboxylic acids is 1. The highest BCUT2D eigenvalue weighted by Crippen LogP contribution is 2.26. The van der Waals surface area contributed by atoms with Gasteiger partial charge in [-0.25, -0.2) is 9.97 Å². The lowest BCUT2D eigenvalue weighted by atomic mass is 10.2. The highest BCUT2D eigenvalue weighted by Gasteiger charge is 2.24. The molecule has 1 aromatic carbocycles. The van der Waals surface area contributed by atoms with E-state index in [0.29, 0.717) is 18.8 Å². The van der Waals surface area contributed by atoms with Crippen molar-refractivity contribution in [2.24, 2.45) is 0 Å². The van der Waals surface area contributed by atoms with E-state index in [-0.39, 0.29) is 5.91 Å². The second-order valence-electron chi connectivity index (χ2n) is 5.86. The van der Waals surface area contributed by atoms with Gasteiger partial charge in [-0.15, -0.1) is 22.7 Å². The van der Waals surface area contributed by atoms with E-state index in [9.17, 15) is 4.79 Å². The molecule has 6 nitrogen and oxygen atoms in total. The van der Waals surface area contributed by atoms with Crippen molar-refractivity contribution in [1.29, 1.82) is 0 Å². The molecule has 0 aliphatic carbocycles. The first-order valence-corrected chi connectivity index (χ1v) is 10.0. The molecule has 0 unspecified atom stereocenters. The van der Waals surface area contributed by atoms with Gasteiger partial charge in [-0.1, -0.05) is 0 Å². The van der Waals surface area contributed by atoms with Gasteiger partial charge in [0.2, 0.25) is 0 Å². The van der Waals surface area contributed by atoms with Gasteiger partial charge in [0.1, 0.15) is 16.5 Å². The third-order valence-electron chi connectivity index (χ3n) is 4.32. The number of methoxy groups -OCH3 is 1. The summed E-state index contributed by atoms with van der Waals surface area (Å²) in [4.78, 5) is 25.7. The minimum absolute atomic E-state index is 0.000185. The molecule has 0 saturated carbocycles. The SMILES string of the molecule is COc1ccc(-c2nc(C(=O)N3CCN(c4nccs4)CC3)cs2)cc1.